The van der Waals surface area contributed by atoms with E-state index in [9.17, 15) is 13.2 Å². The summed E-state index contributed by atoms with van der Waals surface area (Å²) in [6.07, 6.45) is -1.66. The maximum Gasteiger partial charge on any atom is 0.417 e. The van der Waals surface area contributed by atoms with Crippen molar-refractivity contribution in [1.82, 2.24) is 0 Å². The summed E-state index contributed by atoms with van der Waals surface area (Å²) >= 11 is 5.50. The van der Waals surface area contributed by atoms with E-state index in [1.54, 1.807) is 6.07 Å². The fourth-order valence-electron chi connectivity index (χ4n) is 1.32. The highest BCUT2D eigenvalue weighted by Gasteiger charge is 2.33. The first-order chi connectivity index (χ1) is 7.97. The molecule has 0 aliphatic rings. The van der Waals surface area contributed by atoms with Crippen molar-refractivity contribution < 1.29 is 17.6 Å². The predicted molar refractivity (Wildman–Crippen MR) is 58.4 cm³/mol. The van der Waals surface area contributed by atoms with Crippen LogP contribution in [0.5, 0.6) is 0 Å². The van der Waals surface area contributed by atoms with E-state index in [0.29, 0.717) is 11.4 Å². The third-order valence-electron chi connectivity index (χ3n) is 2.08. The van der Waals surface area contributed by atoms with E-state index < -0.39 is 11.7 Å². The minimum atomic E-state index is -4.47. The van der Waals surface area contributed by atoms with Crippen molar-refractivity contribution in [3.05, 3.63) is 47.4 Å². The molecule has 90 valence electrons. The van der Waals surface area contributed by atoms with Crippen molar-refractivity contribution in [2.75, 3.05) is 5.32 Å². The molecule has 0 bridgehead atoms. The van der Waals surface area contributed by atoms with Crippen molar-refractivity contribution in [3.8, 4) is 0 Å². The van der Waals surface area contributed by atoms with Gasteiger partial charge in [0.15, 0.2) is 0 Å². The summed E-state index contributed by atoms with van der Waals surface area (Å²) in [4.78, 5) is 0. The van der Waals surface area contributed by atoms with Crippen LogP contribution in [0.15, 0.2) is 41.2 Å². The van der Waals surface area contributed by atoms with Crippen molar-refractivity contribution in [1.29, 1.82) is 0 Å². The third kappa shape index (κ3) is 2.74. The zero-order valence-corrected chi connectivity index (χ0v) is 9.14. The first-order valence-corrected chi connectivity index (χ1v) is 5.00. The maximum atomic E-state index is 12.6. The van der Waals surface area contributed by atoms with Crippen LogP contribution in [-0.4, -0.2) is 0 Å². The lowest BCUT2D eigenvalue weighted by atomic mass is 10.2. The second kappa shape index (κ2) is 4.33. The van der Waals surface area contributed by atoms with E-state index in [0.717, 1.165) is 6.07 Å². The Morgan fingerprint density at radius 2 is 1.88 bits per heavy atom. The molecule has 1 heterocycles. The lowest BCUT2D eigenvalue weighted by Crippen LogP contribution is -2.06. The molecule has 0 aliphatic heterocycles. The number of anilines is 2. The van der Waals surface area contributed by atoms with Gasteiger partial charge < -0.3 is 9.73 Å². The second-order valence-electron chi connectivity index (χ2n) is 3.33. The van der Waals surface area contributed by atoms with Gasteiger partial charge >= 0.3 is 6.18 Å². The van der Waals surface area contributed by atoms with Crippen molar-refractivity contribution >= 4 is 23.0 Å². The molecule has 1 N–H and O–H groups in total. The van der Waals surface area contributed by atoms with Gasteiger partial charge in [0.25, 0.3) is 0 Å². The van der Waals surface area contributed by atoms with Crippen molar-refractivity contribution in [2.45, 2.75) is 6.18 Å². The molecule has 17 heavy (non-hydrogen) atoms. The molecular weight excluding hydrogens is 255 g/mol. The Labute approximate surface area is 100.0 Å². The largest absolute Gasteiger partial charge is 0.470 e. The van der Waals surface area contributed by atoms with E-state index in [-0.39, 0.29) is 5.02 Å². The number of rotatable bonds is 2. The Balaban J connectivity index is 2.31. The molecule has 2 rings (SSSR count). The van der Waals surface area contributed by atoms with E-state index in [1.807, 2.05) is 0 Å². The Morgan fingerprint density at radius 1 is 1.12 bits per heavy atom. The molecule has 0 amide bonds. The van der Waals surface area contributed by atoms with Gasteiger partial charge in [-0.15, -0.1) is 0 Å². The SMILES string of the molecule is FC(F)(F)c1cc(Nc2ccoc2)ccc1Cl. The summed E-state index contributed by atoms with van der Waals surface area (Å²) in [5.74, 6) is 0. The van der Waals surface area contributed by atoms with E-state index in [4.69, 9.17) is 16.0 Å². The predicted octanol–water partition coefficient (Wildman–Crippen LogP) is 4.70. The summed E-state index contributed by atoms with van der Waals surface area (Å²) in [6, 6.07) is 5.22. The first kappa shape index (κ1) is 11.9. The van der Waals surface area contributed by atoms with Crippen LogP contribution in [0.2, 0.25) is 5.02 Å². The molecule has 1 aromatic heterocycles. The van der Waals surface area contributed by atoms with Gasteiger partial charge in [-0.3, -0.25) is 0 Å². The van der Waals surface area contributed by atoms with Crippen LogP contribution >= 0.6 is 11.6 Å². The molecule has 0 fully saturated rings. The zero-order chi connectivity index (χ0) is 12.5. The van der Waals surface area contributed by atoms with E-state index in [1.165, 1.54) is 24.7 Å². The highest BCUT2D eigenvalue weighted by atomic mass is 35.5. The maximum absolute atomic E-state index is 12.6. The number of hydrogen-bond acceptors (Lipinski definition) is 2. The molecule has 0 saturated carbocycles. The molecule has 0 unspecified atom stereocenters. The lowest BCUT2D eigenvalue weighted by Gasteiger charge is -2.11. The highest BCUT2D eigenvalue weighted by molar-refractivity contribution is 6.31. The van der Waals surface area contributed by atoms with Gasteiger partial charge in [0, 0.05) is 5.69 Å². The average Bonchev–Trinajstić information content (AvgIpc) is 2.72. The number of nitrogens with one attached hydrogen (secondary N) is 1. The van der Waals surface area contributed by atoms with Gasteiger partial charge in [-0.2, -0.15) is 13.2 Å². The Hall–Kier alpha value is -1.62. The van der Waals surface area contributed by atoms with Gasteiger partial charge in [0.05, 0.1) is 22.5 Å². The summed E-state index contributed by atoms with van der Waals surface area (Å²) < 4.78 is 42.5. The van der Waals surface area contributed by atoms with Gasteiger partial charge in [-0.25, -0.2) is 0 Å². The van der Waals surface area contributed by atoms with Gasteiger partial charge in [-0.05, 0) is 24.3 Å². The minimum Gasteiger partial charge on any atom is -0.470 e. The van der Waals surface area contributed by atoms with Crippen LogP contribution in [0.1, 0.15) is 5.56 Å². The molecule has 2 nitrogen and oxygen atoms in total. The Bertz CT molecular complexity index is 508. The Kier molecular flexibility index (Phi) is 3.02. The minimum absolute atomic E-state index is 0.295. The molecule has 1 aromatic carbocycles. The molecule has 0 spiro atoms. The van der Waals surface area contributed by atoms with Crippen LogP contribution in [0.4, 0.5) is 24.5 Å². The van der Waals surface area contributed by atoms with E-state index in [2.05, 4.69) is 5.32 Å². The average molecular weight is 262 g/mol. The van der Waals surface area contributed by atoms with Crippen LogP contribution in [0.25, 0.3) is 0 Å². The van der Waals surface area contributed by atoms with Crippen molar-refractivity contribution in [3.63, 3.8) is 0 Å². The molecule has 0 atom stereocenters. The lowest BCUT2D eigenvalue weighted by molar-refractivity contribution is -0.137. The number of furan rings is 1. The molecule has 2 aromatic rings. The molecule has 6 heteroatoms. The standard InChI is InChI=1S/C11H7ClF3NO/c12-10-2-1-7(5-9(10)11(13,14)15)16-8-3-4-17-6-8/h1-6,16H. The number of benzene rings is 1. The van der Waals surface area contributed by atoms with Crippen LogP contribution in [0.3, 0.4) is 0 Å². The van der Waals surface area contributed by atoms with Gasteiger partial charge in [0.1, 0.15) is 6.26 Å². The van der Waals surface area contributed by atoms with Crippen molar-refractivity contribution in [2.24, 2.45) is 0 Å². The van der Waals surface area contributed by atoms with E-state index >= 15 is 0 Å². The summed E-state index contributed by atoms with van der Waals surface area (Å²) in [5, 5.41) is 2.45. The smallest absolute Gasteiger partial charge is 0.417 e. The fourth-order valence-corrected chi connectivity index (χ4v) is 1.55. The van der Waals surface area contributed by atoms with Gasteiger partial charge in [0.2, 0.25) is 0 Å². The molecule has 0 radical (unpaired) electrons. The normalized spacial score (nSPS) is 11.5. The number of alkyl halides is 3. The Morgan fingerprint density at radius 3 is 2.47 bits per heavy atom. The fraction of sp³-hybridized carbons (Fsp3) is 0.0909. The number of halogens is 4. The van der Waals surface area contributed by atoms with Gasteiger partial charge in [-0.1, -0.05) is 11.6 Å². The first-order valence-electron chi connectivity index (χ1n) is 4.63. The second-order valence-corrected chi connectivity index (χ2v) is 3.74. The summed E-state index contributed by atoms with van der Waals surface area (Å²) in [7, 11) is 0. The quantitative estimate of drug-likeness (QED) is 0.848. The number of hydrogen-bond donors (Lipinski definition) is 1. The molecule has 0 aliphatic carbocycles. The third-order valence-corrected chi connectivity index (χ3v) is 2.41. The monoisotopic (exact) mass is 261 g/mol. The topological polar surface area (TPSA) is 25.2 Å². The summed E-state index contributed by atoms with van der Waals surface area (Å²) in [6.45, 7) is 0. The zero-order valence-electron chi connectivity index (χ0n) is 8.38. The molecule has 0 saturated heterocycles. The summed E-state index contributed by atoms with van der Waals surface area (Å²) in [5.41, 5.74) is -0.00349. The highest BCUT2D eigenvalue weighted by Crippen LogP contribution is 2.36. The van der Waals surface area contributed by atoms with Crippen LogP contribution < -0.4 is 5.32 Å². The van der Waals surface area contributed by atoms with Crippen LogP contribution in [-0.2, 0) is 6.18 Å². The van der Waals surface area contributed by atoms with Crippen LogP contribution in [0, 0.1) is 0 Å². The molecular formula is C11H7ClF3NO.